The number of imidazole rings is 2. The molecule has 5 aromatic rings. The highest BCUT2D eigenvalue weighted by Gasteiger charge is 2.26. The highest BCUT2D eigenvalue weighted by atomic mass is 35.5. The van der Waals surface area contributed by atoms with Crippen molar-refractivity contribution in [3.05, 3.63) is 94.5 Å². The average Bonchev–Trinajstić information content (AvgIpc) is 3.60. The number of aryl methyl sites for hydroxylation is 1. The van der Waals surface area contributed by atoms with Gasteiger partial charge in [-0.15, -0.1) is 0 Å². The number of benzene rings is 2. The van der Waals surface area contributed by atoms with E-state index in [-0.39, 0.29) is 11.4 Å². The number of aromatic carboxylic acids is 1. The summed E-state index contributed by atoms with van der Waals surface area (Å²) < 4.78 is 24.5. The molecule has 2 aromatic carbocycles. The van der Waals surface area contributed by atoms with Gasteiger partial charge in [-0.05, 0) is 42.5 Å². The van der Waals surface area contributed by atoms with Crippen molar-refractivity contribution in [2.75, 3.05) is 49.1 Å². The Labute approximate surface area is 264 Å². The van der Waals surface area contributed by atoms with Crippen LogP contribution in [0.3, 0.4) is 0 Å². The molecule has 0 radical (unpaired) electrons. The lowest BCUT2D eigenvalue weighted by atomic mass is 10.2. The Kier molecular flexibility index (Phi) is 7.76. The summed E-state index contributed by atoms with van der Waals surface area (Å²) >= 11 is 5.96. The zero-order valence-corrected chi connectivity index (χ0v) is 25.5. The van der Waals surface area contributed by atoms with E-state index >= 15 is 0 Å². The van der Waals surface area contributed by atoms with E-state index < -0.39 is 5.97 Å². The van der Waals surface area contributed by atoms with Gasteiger partial charge < -0.3 is 28.8 Å². The van der Waals surface area contributed by atoms with E-state index in [1.807, 2.05) is 34.8 Å². The van der Waals surface area contributed by atoms with E-state index in [2.05, 4.69) is 19.4 Å². The molecule has 2 aliphatic heterocycles. The molecule has 1 N–H and O–H groups in total. The monoisotopic (exact) mass is 630 g/mol. The molecule has 13 heteroatoms. The molecule has 1 fully saturated rings. The number of carboxylic acid groups (broad SMARTS) is 1. The standard InChI is InChI=1S/C32H32ClFN8O3/c1-38-9-8-35-29(38)20-42-26-16-21(32(43)44)3-5-25(26)36-30(42)19-39-10-12-40(13-11-39)28-7-6-27-31(37-28)41(14-15-45-27)18-22-2-4-23(33)17-24(22)34/h2-9,16-17H,10-15,18-20H2,1H3,(H,43,44). The Morgan fingerprint density at radius 2 is 1.82 bits per heavy atom. The fourth-order valence-corrected chi connectivity index (χ4v) is 6.11. The molecule has 0 amide bonds. The SMILES string of the molecule is Cn1ccnc1Cn1c(CN2CCN(c3ccc4c(n3)N(Cc3ccc(Cl)cc3F)CCO4)CC2)nc2ccc(C(=O)O)cc21. The first-order valence-electron chi connectivity index (χ1n) is 14.8. The number of carboxylic acids is 1. The van der Waals surface area contributed by atoms with E-state index in [1.165, 1.54) is 6.07 Å². The number of carbonyl (C=O) groups is 1. The topological polar surface area (TPSA) is 105 Å². The van der Waals surface area contributed by atoms with Crippen LogP contribution in [0.5, 0.6) is 5.75 Å². The Morgan fingerprint density at radius 3 is 2.58 bits per heavy atom. The molecule has 7 rings (SSSR count). The second-order valence-corrected chi connectivity index (χ2v) is 11.8. The minimum absolute atomic E-state index is 0.225. The number of hydrogen-bond donors (Lipinski definition) is 1. The van der Waals surface area contributed by atoms with Gasteiger partial charge in [0, 0.05) is 62.8 Å². The molecule has 11 nitrogen and oxygen atoms in total. The maximum Gasteiger partial charge on any atom is 0.335 e. The van der Waals surface area contributed by atoms with Crippen LogP contribution in [-0.2, 0) is 26.7 Å². The molecule has 0 aliphatic carbocycles. The van der Waals surface area contributed by atoms with Gasteiger partial charge in [0.05, 0.1) is 36.2 Å². The highest BCUT2D eigenvalue weighted by Crippen LogP contribution is 2.34. The van der Waals surface area contributed by atoms with Crippen molar-refractivity contribution in [3.63, 3.8) is 0 Å². The summed E-state index contributed by atoms with van der Waals surface area (Å²) in [5.74, 6) is 2.66. The van der Waals surface area contributed by atoms with Crippen molar-refractivity contribution >= 4 is 40.2 Å². The number of halogens is 2. The summed E-state index contributed by atoms with van der Waals surface area (Å²) in [4.78, 5) is 32.7. The van der Waals surface area contributed by atoms with Crippen molar-refractivity contribution in [1.29, 1.82) is 0 Å². The molecule has 3 aromatic heterocycles. The minimum atomic E-state index is -0.970. The average molecular weight is 631 g/mol. The molecule has 5 heterocycles. The summed E-state index contributed by atoms with van der Waals surface area (Å²) in [7, 11) is 1.94. The molecule has 1 saturated heterocycles. The summed E-state index contributed by atoms with van der Waals surface area (Å²) in [6.07, 6.45) is 3.65. The number of nitrogens with zero attached hydrogens (tertiary/aromatic N) is 8. The molecule has 0 unspecified atom stereocenters. The molecule has 232 valence electrons. The van der Waals surface area contributed by atoms with Gasteiger partial charge in [0.15, 0.2) is 11.6 Å². The summed E-state index contributed by atoms with van der Waals surface area (Å²) in [5, 5.41) is 9.97. The largest absolute Gasteiger partial charge is 0.488 e. The van der Waals surface area contributed by atoms with Crippen LogP contribution in [0.2, 0.25) is 5.02 Å². The zero-order chi connectivity index (χ0) is 31.1. The van der Waals surface area contributed by atoms with Crippen LogP contribution >= 0.6 is 11.6 Å². The fourth-order valence-electron chi connectivity index (χ4n) is 5.95. The van der Waals surface area contributed by atoms with Crippen molar-refractivity contribution < 1.29 is 19.0 Å². The number of fused-ring (bicyclic) bond motifs is 2. The maximum absolute atomic E-state index is 14.6. The highest BCUT2D eigenvalue weighted by molar-refractivity contribution is 6.30. The Morgan fingerprint density at radius 1 is 0.978 bits per heavy atom. The van der Waals surface area contributed by atoms with Gasteiger partial charge in [-0.25, -0.2) is 24.1 Å². The Hall–Kier alpha value is -4.68. The second kappa shape index (κ2) is 12.0. The number of ether oxygens (including phenoxy) is 1. The molecule has 0 bridgehead atoms. The van der Waals surface area contributed by atoms with Gasteiger partial charge in [0.1, 0.15) is 29.9 Å². The first-order chi connectivity index (χ1) is 21.8. The van der Waals surface area contributed by atoms with Gasteiger partial charge >= 0.3 is 5.97 Å². The van der Waals surface area contributed by atoms with Crippen LogP contribution < -0.4 is 14.5 Å². The van der Waals surface area contributed by atoms with Crippen LogP contribution in [0.4, 0.5) is 16.0 Å². The number of hydrogen-bond acceptors (Lipinski definition) is 8. The molecule has 45 heavy (non-hydrogen) atoms. The van der Waals surface area contributed by atoms with Crippen LogP contribution in [0.1, 0.15) is 27.6 Å². The summed E-state index contributed by atoms with van der Waals surface area (Å²) in [6, 6.07) is 13.7. The number of piperazine rings is 1. The third kappa shape index (κ3) is 5.90. The Balaban J connectivity index is 1.07. The van der Waals surface area contributed by atoms with E-state index in [9.17, 15) is 14.3 Å². The maximum atomic E-state index is 14.6. The predicted molar refractivity (Wildman–Crippen MR) is 169 cm³/mol. The molecule has 0 atom stereocenters. The first-order valence-corrected chi connectivity index (χ1v) is 15.2. The van der Waals surface area contributed by atoms with Crippen molar-refractivity contribution in [2.45, 2.75) is 19.6 Å². The van der Waals surface area contributed by atoms with Gasteiger partial charge in [-0.1, -0.05) is 17.7 Å². The van der Waals surface area contributed by atoms with Gasteiger partial charge in [0.2, 0.25) is 0 Å². The zero-order valence-electron chi connectivity index (χ0n) is 24.7. The molecule has 0 saturated carbocycles. The van der Waals surface area contributed by atoms with Crippen molar-refractivity contribution in [3.8, 4) is 5.75 Å². The lowest BCUT2D eigenvalue weighted by Gasteiger charge is -2.36. The van der Waals surface area contributed by atoms with Gasteiger partial charge in [0.25, 0.3) is 0 Å². The third-order valence-electron chi connectivity index (χ3n) is 8.48. The predicted octanol–water partition coefficient (Wildman–Crippen LogP) is 4.43. The Bertz CT molecular complexity index is 1880. The molecular formula is C32H32ClFN8O3. The van der Waals surface area contributed by atoms with E-state index in [1.54, 1.807) is 36.5 Å². The van der Waals surface area contributed by atoms with E-state index in [0.29, 0.717) is 54.9 Å². The van der Waals surface area contributed by atoms with E-state index in [0.717, 1.165) is 54.7 Å². The first kappa shape index (κ1) is 29.1. The normalized spacial score (nSPS) is 15.4. The van der Waals surface area contributed by atoms with Crippen molar-refractivity contribution in [1.82, 2.24) is 29.0 Å². The van der Waals surface area contributed by atoms with Crippen LogP contribution in [-0.4, -0.2) is 79.4 Å². The third-order valence-corrected chi connectivity index (χ3v) is 8.71. The van der Waals surface area contributed by atoms with Gasteiger partial charge in [-0.3, -0.25) is 4.90 Å². The van der Waals surface area contributed by atoms with Crippen LogP contribution in [0.15, 0.2) is 60.9 Å². The van der Waals surface area contributed by atoms with E-state index in [4.69, 9.17) is 26.3 Å². The molecule has 2 aliphatic rings. The lowest BCUT2D eigenvalue weighted by molar-refractivity contribution is 0.0697. The van der Waals surface area contributed by atoms with Crippen LogP contribution in [0, 0.1) is 5.82 Å². The summed E-state index contributed by atoms with van der Waals surface area (Å²) in [5.41, 5.74) is 2.31. The second-order valence-electron chi connectivity index (χ2n) is 11.3. The quantitative estimate of drug-likeness (QED) is 0.267. The number of pyridine rings is 1. The molecule has 0 spiro atoms. The smallest absolute Gasteiger partial charge is 0.335 e. The minimum Gasteiger partial charge on any atom is -0.488 e. The number of aromatic nitrogens is 5. The summed E-state index contributed by atoms with van der Waals surface area (Å²) in [6.45, 7) is 5.69. The lowest BCUT2D eigenvalue weighted by Crippen LogP contribution is -2.46. The number of rotatable bonds is 8. The van der Waals surface area contributed by atoms with Crippen LogP contribution in [0.25, 0.3) is 11.0 Å². The molecular weight excluding hydrogens is 599 g/mol. The number of anilines is 2. The van der Waals surface area contributed by atoms with Crippen molar-refractivity contribution in [2.24, 2.45) is 7.05 Å². The fraction of sp³-hybridized carbons (Fsp3) is 0.312. The van der Waals surface area contributed by atoms with Gasteiger partial charge in [-0.2, -0.15) is 0 Å².